The monoisotopic (exact) mass is 140 g/mol. The SMILES string of the molecule is CC1CCN1C1(C)CNC1. The van der Waals surface area contributed by atoms with Crippen molar-refractivity contribution in [1.82, 2.24) is 10.2 Å². The summed E-state index contributed by atoms with van der Waals surface area (Å²) in [6.07, 6.45) is 1.40. The van der Waals surface area contributed by atoms with Crippen LogP contribution in [0.3, 0.4) is 0 Å². The zero-order valence-electron chi connectivity index (χ0n) is 6.85. The van der Waals surface area contributed by atoms with E-state index in [2.05, 4.69) is 24.1 Å². The van der Waals surface area contributed by atoms with Gasteiger partial charge in [0.15, 0.2) is 0 Å². The minimum Gasteiger partial charge on any atom is -0.313 e. The van der Waals surface area contributed by atoms with Crippen molar-refractivity contribution < 1.29 is 0 Å². The Morgan fingerprint density at radius 3 is 2.30 bits per heavy atom. The summed E-state index contributed by atoms with van der Waals surface area (Å²) in [5.74, 6) is 0. The van der Waals surface area contributed by atoms with Crippen LogP contribution in [-0.2, 0) is 0 Å². The van der Waals surface area contributed by atoms with Crippen LogP contribution in [0, 0.1) is 0 Å². The summed E-state index contributed by atoms with van der Waals surface area (Å²) in [4.78, 5) is 2.61. The number of rotatable bonds is 1. The lowest BCUT2D eigenvalue weighted by atomic mass is 9.86. The van der Waals surface area contributed by atoms with Crippen LogP contribution in [0.25, 0.3) is 0 Å². The van der Waals surface area contributed by atoms with Crippen LogP contribution in [0.4, 0.5) is 0 Å². The predicted molar refractivity (Wildman–Crippen MR) is 42.1 cm³/mol. The molecule has 0 aromatic carbocycles. The summed E-state index contributed by atoms with van der Waals surface area (Å²) >= 11 is 0. The maximum atomic E-state index is 3.33. The first-order valence-electron chi connectivity index (χ1n) is 4.20. The number of hydrogen-bond donors (Lipinski definition) is 1. The average Bonchev–Trinajstić information content (AvgIpc) is 1.81. The minimum atomic E-state index is 0.512. The third-order valence-electron chi connectivity index (χ3n) is 3.02. The second-order valence-electron chi connectivity index (χ2n) is 3.93. The first-order chi connectivity index (χ1) is 4.72. The Morgan fingerprint density at radius 2 is 2.20 bits per heavy atom. The zero-order chi connectivity index (χ0) is 7.19. The molecule has 2 saturated heterocycles. The molecule has 0 amide bonds. The van der Waals surface area contributed by atoms with Crippen molar-refractivity contribution in [1.29, 1.82) is 0 Å². The van der Waals surface area contributed by atoms with Gasteiger partial charge < -0.3 is 5.32 Å². The summed E-state index contributed by atoms with van der Waals surface area (Å²) in [5.41, 5.74) is 0.512. The van der Waals surface area contributed by atoms with Gasteiger partial charge in [-0.1, -0.05) is 0 Å². The standard InChI is InChI=1S/C8H16N2/c1-7-3-4-10(7)8(2)5-9-6-8/h7,9H,3-6H2,1-2H3. The van der Waals surface area contributed by atoms with E-state index in [1.165, 1.54) is 26.1 Å². The third kappa shape index (κ3) is 0.722. The fraction of sp³-hybridized carbons (Fsp3) is 1.00. The van der Waals surface area contributed by atoms with E-state index < -0.39 is 0 Å². The molecule has 2 heterocycles. The Hall–Kier alpha value is -0.0800. The van der Waals surface area contributed by atoms with E-state index in [-0.39, 0.29) is 0 Å². The van der Waals surface area contributed by atoms with Crippen molar-refractivity contribution >= 4 is 0 Å². The Morgan fingerprint density at radius 1 is 1.50 bits per heavy atom. The van der Waals surface area contributed by atoms with Gasteiger partial charge in [-0.25, -0.2) is 0 Å². The lowest BCUT2D eigenvalue weighted by Crippen LogP contribution is -2.72. The van der Waals surface area contributed by atoms with Crippen LogP contribution in [-0.4, -0.2) is 36.1 Å². The third-order valence-corrected chi connectivity index (χ3v) is 3.02. The van der Waals surface area contributed by atoms with Gasteiger partial charge in [-0.2, -0.15) is 0 Å². The number of hydrogen-bond acceptors (Lipinski definition) is 2. The lowest BCUT2D eigenvalue weighted by Gasteiger charge is -2.56. The first-order valence-corrected chi connectivity index (χ1v) is 4.20. The molecule has 0 bridgehead atoms. The Bertz CT molecular complexity index is 140. The zero-order valence-corrected chi connectivity index (χ0v) is 6.85. The van der Waals surface area contributed by atoms with E-state index in [0.717, 1.165) is 6.04 Å². The summed E-state index contributed by atoms with van der Waals surface area (Å²) in [5, 5.41) is 3.33. The normalized spacial score (nSPS) is 38.4. The molecule has 2 aliphatic rings. The van der Waals surface area contributed by atoms with Gasteiger partial charge in [0.1, 0.15) is 0 Å². The maximum Gasteiger partial charge on any atom is 0.0432 e. The molecule has 1 unspecified atom stereocenters. The van der Waals surface area contributed by atoms with Crippen molar-refractivity contribution in [2.75, 3.05) is 19.6 Å². The highest BCUT2D eigenvalue weighted by Gasteiger charge is 2.43. The van der Waals surface area contributed by atoms with Gasteiger partial charge >= 0.3 is 0 Å². The van der Waals surface area contributed by atoms with Gasteiger partial charge in [0, 0.05) is 31.2 Å². The number of nitrogens with zero attached hydrogens (tertiary/aromatic N) is 1. The fourth-order valence-electron chi connectivity index (χ4n) is 2.01. The van der Waals surface area contributed by atoms with Crippen molar-refractivity contribution in [3.63, 3.8) is 0 Å². The molecule has 0 aliphatic carbocycles. The molecule has 10 heavy (non-hydrogen) atoms. The van der Waals surface area contributed by atoms with E-state index in [9.17, 15) is 0 Å². The molecule has 2 heteroatoms. The Labute approximate surface area is 62.6 Å². The molecule has 58 valence electrons. The van der Waals surface area contributed by atoms with Crippen molar-refractivity contribution in [3.05, 3.63) is 0 Å². The van der Waals surface area contributed by atoms with Gasteiger partial charge in [0.25, 0.3) is 0 Å². The van der Waals surface area contributed by atoms with Crippen LogP contribution in [0.15, 0.2) is 0 Å². The van der Waals surface area contributed by atoms with Crippen molar-refractivity contribution in [3.8, 4) is 0 Å². The van der Waals surface area contributed by atoms with Gasteiger partial charge in [0.05, 0.1) is 0 Å². The Kier molecular flexibility index (Phi) is 1.29. The summed E-state index contributed by atoms with van der Waals surface area (Å²) in [6, 6.07) is 0.840. The van der Waals surface area contributed by atoms with Gasteiger partial charge in [-0.3, -0.25) is 4.90 Å². The minimum absolute atomic E-state index is 0.512. The van der Waals surface area contributed by atoms with E-state index in [1.807, 2.05) is 0 Å². The molecule has 2 aliphatic heterocycles. The van der Waals surface area contributed by atoms with E-state index >= 15 is 0 Å². The van der Waals surface area contributed by atoms with Crippen molar-refractivity contribution in [2.24, 2.45) is 0 Å². The number of likely N-dealkylation sites (tertiary alicyclic amines) is 1. The van der Waals surface area contributed by atoms with Crippen LogP contribution in [0.5, 0.6) is 0 Å². The van der Waals surface area contributed by atoms with Gasteiger partial charge in [-0.05, 0) is 20.3 Å². The first kappa shape index (κ1) is 6.62. The van der Waals surface area contributed by atoms with E-state index in [4.69, 9.17) is 0 Å². The maximum absolute atomic E-state index is 3.33. The number of nitrogens with one attached hydrogen (secondary N) is 1. The van der Waals surface area contributed by atoms with Crippen LogP contribution >= 0.6 is 0 Å². The quantitative estimate of drug-likeness (QED) is 0.568. The molecule has 0 spiro atoms. The van der Waals surface area contributed by atoms with Gasteiger partial charge in [0.2, 0.25) is 0 Å². The lowest BCUT2D eigenvalue weighted by molar-refractivity contribution is -0.0389. The molecule has 2 fully saturated rings. The largest absolute Gasteiger partial charge is 0.313 e. The topological polar surface area (TPSA) is 15.3 Å². The summed E-state index contributed by atoms with van der Waals surface area (Å²) in [6.45, 7) is 8.39. The van der Waals surface area contributed by atoms with Gasteiger partial charge in [-0.15, -0.1) is 0 Å². The molecular weight excluding hydrogens is 124 g/mol. The predicted octanol–water partition coefficient (Wildman–Crippen LogP) is 0.443. The molecule has 1 N–H and O–H groups in total. The van der Waals surface area contributed by atoms with Crippen LogP contribution in [0.1, 0.15) is 20.3 Å². The highest BCUT2D eigenvalue weighted by molar-refractivity contribution is 5.03. The molecule has 0 saturated carbocycles. The molecule has 2 rings (SSSR count). The van der Waals surface area contributed by atoms with E-state index in [1.54, 1.807) is 0 Å². The Balaban J connectivity index is 1.97. The fourth-order valence-corrected chi connectivity index (χ4v) is 2.01. The average molecular weight is 140 g/mol. The molecule has 0 aromatic rings. The second-order valence-corrected chi connectivity index (χ2v) is 3.93. The molecule has 0 radical (unpaired) electrons. The summed E-state index contributed by atoms with van der Waals surface area (Å²) < 4.78 is 0. The summed E-state index contributed by atoms with van der Waals surface area (Å²) in [7, 11) is 0. The molecule has 2 nitrogen and oxygen atoms in total. The second kappa shape index (κ2) is 1.95. The molecule has 1 atom stereocenters. The highest BCUT2D eigenvalue weighted by Crippen LogP contribution is 2.29. The van der Waals surface area contributed by atoms with Crippen LogP contribution in [0.2, 0.25) is 0 Å². The molecule has 0 aromatic heterocycles. The highest BCUT2D eigenvalue weighted by atomic mass is 15.3. The molecular formula is C8H16N2. The smallest absolute Gasteiger partial charge is 0.0432 e. The van der Waals surface area contributed by atoms with E-state index in [0.29, 0.717) is 5.54 Å². The van der Waals surface area contributed by atoms with Crippen LogP contribution < -0.4 is 5.32 Å². The van der Waals surface area contributed by atoms with Crippen molar-refractivity contribution in [2.45, 2.75) is 31.8 Å².